The fourth-order valence-electron chi connectivity index (χ4n) is 5.50. The second kappa shape index (κ2) is 14.4. The summed E-state index contributed by atoms with van der Waals surface area (Å²) in [5.41, 5.74) is 6.07. The molecule has 0 fully saturated rings. The van der Waals surface area contributed by atoms with E-state index in [2.05, 4.69) is 38.3 Å². The molecule has 1 aromatic heterocycles. The number of hydrogen-bond donors (Lipinski definition) is 3. The van der Waals surface area contributed by atoms with Crippen LogP contribution in [-0.4, -0.2) is 40.9 Å². The number of ether oxygens (including phenoxy) is 2. The normalized spacial score (nSPS) is 13.0. The van der Waals surface area contributed by atoms with Crippen LogP contribution in [0.1, 0.15) is 47.0 Å². The number of hydrogen-bond acceptors (Lipinski definition) is 8. The van der Waals surface area contributed by atoms with Crippen LogP contribution in [0.15, 0.2) is 114 Å². The zero-order chi connectivity index (χ0) is 32.6. The van der Waals surface area contributed by atoms with E-state index in [0.29, 0.717) is 0 Å². The maximum Gasteiger partial charge on any atom is 0.408 e. The number of alkyl carbamates (subject to hydrolysis) is 2. The molecular weight excluding hydrogens is 598 g/mol. The Balaban J connectivity index is 1.07. The van der Waals surface area contributed by atoms with E-state index in [1.165, 1.54) is 0 Å². The Morgan fingerprint density at radius 3 is 1.96 bits per heavy atom. The molecule has 11 heteroatoms. The van der Waals surface area contributed by atoms with Gasteiger partial charge in [0.1, 0.15) is 25.3 Å². The average molecular weight is 632 g/mol. The summed E-state index contributed by atoms with van der Waals surface area (Å²) >= 11 is 0. The first-order chi connectivity index (χ1) is 22.9. The highest BCUT2D eigenvalue weighted by Gasteiger charge is 2.30. The van der Waals surface area contributed by atoms with Crippen molar-refractivity contribution in [3.63, 3.8) is 0 Å². The van der Waals surface area contributed by atoms with E-state index in [1.807, 2.05) is 97.1 Å². The van der Waals surface area contributed by atoms with E-state index in [-0.39, 0.29) is 37.5 Å². The van der Waals surface area contributed by atoms with Crippen molar-refractivity contribution >= 4 is 24.1 Å². The average Bonchev–Trinajstić information content (AvgIpc) is 3.70. The molecule has 47 heavy (non-hydrogen) atoms. The van der Waals surface area contributed by atoms with Crippen LogP contribution in [0.5, 0.6) is 0 Å². The third-order valence-corrected chi connectivity index (χ3v) is 7.82. The van der Waals surface area contributed by atoms with Crippen LogP contribution in [0.3, 0.4) is 0 Å². The van der Waals surface area contributed by atoms with Crippen LogP contribution in [0, 0.1) is 0 Å². The van der Waals surface area contributed by atoms with Crippen molar-refractivity contribution in [3.05, 3.63) is 137 Å². The number of amides is 3. The Hall–Kier alpha value is -5.97. The van der Waals surface area contributed by atoms with E-state index in [1.54, 1.807) is 6.92 Å². The maximum atomic E-state index is 13.4. The van der Waals surface area contributed by atoms with Gasteiger partial charge in [0.05, 0.1) is 0 Å². The van der Waals surface area contributed by atoms with Gasteiger partial charge in [-0.3, -0.25) is 10.1 Å². The number of nitrogens with one attached hydrogen (secondary N) is 3. The minimum absolute atomic E-state index is 0.0565. The van der Waals surface area contributed by atoms with Crippen LogP contribution in [0.2, 0.25) is 0 Å². The van der Waals surface area contributed by atoms with E-state index in [9.17, 15) is 14.4 Å². The Labute approximate surface area is 271 Å². The molecule has 0 radical (unpaired) electrons. The predicted octanol–water partition coefficient (Wildman–Crippen LogP) is 6.15. The topological polar surface area (TPSA) is 145 Å². The van der Waals surface area contributed by atoms with Crippen LogP contribution >= 0.6 is 0 Å². The van der Waals surface area contributed by atoms with Gasteiger partial charge in [-0.2, -0.15) is 0 Å². The molecule has 2 atom stereocenters. The van der Waals surface area contributed by atoms with Crippen molar-refractivity contribution < 1.29 is 28.3 Å². The van der Waals surface area contributed by atoms with Gasteiger partial charge in [0, 0.05) is 12.3 Å². The maximum absolute atomic E-state index is 13.4. The number of carbonyl (C=O) groups is 3. The molecule has 6 rings (SSSR count). The summed E-state index contributed by atoms with van der Waals surface area (Å²) in [6.45, 7) is 1.84. The quantitative estimate of drug-likeness (QED) is 0.158. The summed E-state index contributed by atoms with van der Waals surface area (Å²) < 4.78 is 16.5. The first kappa shape index (κ1) is 31.0. The van der Waals surface area contributed by atoms with Crippen molar-refractivity contribution in [1.82, 2.24) is 20.8 Å². The lowest BCUT2D eigenvalue weighted by Gasteiger charge is -2.19. The van der Waals surface area contributed by atoms with Crippen molar-refractivity contribution in [1.29, 1.82) is 0 Å². The second-order valence-corrected chi connectivity index (χ2v) is 11.1. The van der Waals surface area contributed by atoms with Gasteiger partial charge < -0.3 is 24.5 Å². The summed E-state index contributed by atoms with van der Waals surface area (Å²) in [4.78, 5) is 38.8. The molecule has 0 spiro atoms. The van der Waals surface area contributed by atoms with Gasteiger partial charge in [0.2, 0.25) is 5.89 Å². The summed E-state index contributed by atoms with van der Waals surface area (Å²) in [7, 11) is 0. The number of carbonyl (C=O) groups excluding carboxylic acids is 3. The molecule has 4 aromatic carbocycles. The number of benzene rings is 4. The molecule has 1 heterocycles. The number of rotatable bonds is 11. The van der Waals surface area contributed by atoms with Gasteiger partial charge in [-0.1, -0.05) is 114 Å². The molecule has 1 aliphatic rings. The van der Waals surface area contributed by atoms with Crippen LogP contribution in [0.4, 0.5) is 15.6 Å². The molecule has 0 saturated carbocycles. The van der Waals surface area contributed by atoms with E-state index in [0.717, 1.165) is 33.4 Å². The molecule has 0 aliphatic heterocycles. The number of fused-ring (bicyclic) bond motifs is 3. The van der Waals surface area contributed by atoms with Gasteiger partial charge in [-0.05, 0) is 40.3 Å². The highest BCUT2D eigenvalue weighted by molar-refractivity contribution is 5.95. The molecule has 0 saturated heterocycles. The standard InChI is InChI=1S/C36H33N5O6/c1-23(37-35(43)45-21-25-14-6-3-7-15-25)33-40-41-34(47-33)39-32(42)31(20-24-12-4-2-5-13-24)38-36(44)46-22-30-28-18-10-8-16-26(28)27-17-9-11-19-29(27)30/h2-19,23,30-31H,20-22H2,1H3,(H,37,43)(H,38,44)(H,39,41,42)/t23-,31-/m0/s1. The summed E-state index contributed by atoms with van der Waals surface area (Å²) in [6.07, 6.45) is -1.22. The summed E-state index contributed by atoms with van der Waals surface area (Å²) in [5, 5.41) is 15.7. The fourth-order valence-corrected chi connectivity index (χ4v) is 5.50. The van der Waals surface area contributed by atoms with Crippen LogP contribution in [0.25, 0.3) is 11.1 Å². The Morgan fingerprint density at radius 1 is 0.723 bits per heavy atom. The fraction of sp³-hybridized carbons (Fsp3) is 0.194. The largest absolute Gasteiger partial charge is 0.449 e. The summed E-state index contributed by atoms with van der Waals surface area (Å²) in [5.74, 6) is -0.654. The SMILES string of the molecule is C[C@H](NC(=O)OCc1ccccc1)c1nnc(NC(=O)[C@H](Cc2ccccc2)NC(=O)OCC2c3ccccc3-c3ccccc32)o1. The molecule has 0 bridgehead atoms. The Kier molecular flexibility index (Phi) is 9.52. The first-order valence-electron chi connectivity index (χ1n) is 15.2. The van der Waals surface area contributed by atoms with Crippen molar-refractivity contribution in [2.45, 2.75) is 38.0 Å². The van der Waals surface area contributed by atoms with Gasteiger partial charge in [-0.25, -0.2) is 9.59 Å². The van der Waals surface area contributed by atoms with Gasteiger partial charge in [0.25, 0.3) is 5.91 Å². The molecule has 238 valence electrons. The van der Waals surface area contributed by atoms with Crippen molar-refractivity contribution in [2.24, 2.45) is 0 Å². The van der Waals surface area contributed by atoms with E-state index >= 15 is 0 Å². The minimum atomic E-state index is -1.02. The highest BCUT2D eigenvalue weighted by atomic mass is 16.6. The molecule has 5 aromatic rings. The van der Waals surface area contributed by atoms with Gasteiger partial charge in [0.15, 0.2) is 0 Å². The summed E-state index contributed by atoms with van der Waals surface area (Å²) in [6, 6.07) is 32.7. The van der Waals surface area contributed by atoms with Crippen LogP contribution in [-0.2, 0) is 27.3 Å². The van der Waals surface area contributed by atoms with Gasteiger partial charge >= 0.3 is 18.2 Å². The van der Waals surface area contributed by atoms with Gasteiger partial charge in [-0.15, -0.1) is 5.10 Å². The zero-order valence-electron chi connectivity index (χ0n) is 25.6. The third-order valence-electron chi connectivity index (χ3n) is 7.82. The first-order valence-corrected chi connectivity index (χ1v) is 15.2. The predicted molar refractivity (Wildman–Crippen MR) is 173 cm³/mol. The second-order valence-electron chi connectivity index (χ2n) is 11.1. The minimum Gasteiger partial charge on any atom is -0.449 e. The van der Waals surface area contributed by atoms with Crippen molar-refractivity contribution in [2.75, 3.05) is 11.9 Å². The molecule has 1 aliphatic carbocycles. The lowest BCUT2D eigenvalue weighted by Crippen LogP contribution is -2.45. The highest BCUT2D eigenvalue weighted by Crippen LogP contribution is 2.44. The Bertz CT molecular complexity index is 1800. The molecular formula is C36H33N5O6. The molecule has 3 N–H and O–H groups in total. The lowest BCUT2D eigenvalue weighted by atomic mass is 9.98. The number of aromatic nitrogens is 2. The van der Waals surface area contributed by atoms with E-state index in [4.69, 9.17) is 13.9 Å². The molecule has 3 amide bonds. The Morgan fingerprint density at radius 2 is 1.30 bits per heavy atom. The molecule has 0 unspecified atom stereocenters. The zero-order valence-corrected chi connectivity index (χ0v) is 25.6. The van der Waals surface area contributed by atoms with Crippen LogP contribution < -0.4 is 16.0 Å². The lowest BCUT2D eigenvalue weighted by molar-refractivity contribution is -0.118. The number of nitrogens with zero attached hydrogens (tertiary/aromatic N) is 2. The monoisotopic (exact) mass is 631 g/mol. The smallest absolute Gasteiger partial charge is 0.408 e. The molecule has 11 nitrogen and oxygen atoms in total. The third kappa shape index (κ3) is 7.64. The van der Waals surface area contributed by atoms with Crippen molar-refractivity contribution in [3.8, 4) is 11.1 Å². The number of anilines is 1. The van der Waals surface area contributed by atoms with E-state index < -0.39 is 30.2 Å².